The summed E-state index contributed by atoms with van der Waals surface area (Å²) in [4.78, 5) is 35.7. The quantitative estimate of drug-likeness (QED) is 0.636. The van der Waals surface area contributed by atoms with Crippen molar-refractivity contribution in [3.05, 3.63) is 52.3 Å². The van der Waals surface area contributed by atoms with E-state index in [1.807, 2.05) is 24.1 Å². The van der Waals surface area contributed by atoms with Gasteiger partial charge in [0.25, 0.3) is 5.56 Å². The molecular formula is C15H20N6O2. The number of nitrogens with one attached hydrogen (secondary N) is 2. The maximum absolute atomic E-state index is 11.9. The van der Waals surface area contributed by atoms with Gasteiger partial charge in [0.15, 0.2) is 0 Å². The van der Waals surface area contributed by atoms with Crippen LogP contribution >= 0.6 is 0 Å². The van der Waals surface area contributed by atoms with E-state index in [0.717, 1.165) is 5.56 Å². The summed E-state index contributed by atoms with van der Waals surface area (Å²) in [5.74, 6) is 0.535. The van der Waals surface area contributed by atoms with Gasteiger partial charge in [-0.2, -0.15) is 0 Å². The first kappa shape index (κ1) is 16.6. The first-order valence-corrected chi connectivity index (χ1v) is 7.23. The van der Waals surface area contributed by atoms with E-state index in [-0.39, 0.29) is 23.8 Å². The summed E-state index contributed by atoms with van der Waals surface area (Å²) in [6.07, 6.45) is 3.90. The van der Waals surface area contributed by atoms with Gasteiger partial charge in [-0.25, -0.2) is 4.98 Å². The van der Waals surface area contributed by atoms with Crippen LogP contribution in [0.5, 0.6) is 0 Å². The highest BCUT2D eigenvalue weighted by Gasteiger charge is 2.07. The Morgan fingerprint density at radius 2 is 2.30 bits per heavy atom. The van der Waals surface area contributed by atoms with Crippen molar-refractivity contribution in [2.75, 3.05) is 25.9 Å². The number of amides is 1. The second kappa shape index (κ2) is 8.04. The molecule has 2 rings (SSSR count). The minimum atomic E-state index is -0.296. The third-order valence-corrected chi connectivity index (χ3v) is 3.08. The minimum absolute atomic E-state index is 0.0948. The van der Waals surface area contributed by atoms with E-state index < -0.39 is 0 Å². The average molecular weight is 316 g/mol. The van der Waals surface area contributed by atoms with E-state index in [2.05, 4.69) is 20.3 Å². The van der Waals surface area contributed by atoms with Gasteiger partial charge in [0.1, 0.15) is 11.6 Å². The van der Waals surface area contributed by atoms with Crippen LogP contribution in [0, 0.1) is 0 Å². The minimum Gasteiger partial charge on any atom is -0.383 e. The van der Waals surface area contributed by atoms with Crippen LogP contribution in [0.3, 0.4) is 0 Å². The van der Waals surface area contributed by atoms with Gasteiger partial charge in [-0.15, -0.1) is 0 Å². The molecule has 2 aromatic rings. The van der Waals surface area contributed by atoms with Crippen molar-refractivity contribution in [1.29, 1.82) is 0 Å². The van der Waals surface area contributed by atoms with Crippen LogP contribution in [0.4, 0.5) is 5.82 Å². The maximum Gasteiger partial charge on any atom is 0.252 e. The number of aromatic amines is 1. The van der Waals surface area contributed by atoms with Gasteiger partial charge in [0, 0.05) is 38.0 Å². The molecule has 0 aromatic carbocycles. The van der Waals surface area contributed by atoms with Crippen LogP contribution in [0.15, 0.2) is 35.4 Å². The van der Waals surface area contributed by atoms with Gasteiger partial charge in [-0.3, -0.25) is 19.5 Å². The number of nitrogens with two attached hydrogens (primary N) is 1. The summed E-state index contributed by atoms with van der Waals surface area (Å²) < 4.78 is 0. The Morgan fingerprint density at radius 3 is 3.00 bits per heavy atom. The van der Waals surface area contributed by atoms with E-state index in [0.29, 0.717) is 25.3 Å². The number of anilines is 1. The van der Waals surface area contributed by atoms with E-state index in [4.69, 9.17) is 5.73 Å². The van der Waals surface area contributed by atoms with Crippen LogP contribution in [-0.4, -0.2) is 45.9 Å². The van der Waals surface area contributed by atoms with Crippen molar-refractivity contribution in [2.45, 2.75) is 13.0 Å². The summed E-state index contributed by atoms with van der Waals surface area (Å²) in [5.41, 5.74) is 6.25. The molecule has 0 aliphatic rings. The average Bonchev–Trinajstić information content (AvgIpc) is 2.47. The largest absolute Gasteiger partial charge is 0.383 e. The summed E-state index contributed by atoms with van der Waals surface area (Å²) in [6, 6.07) is 5.04. The highest BCUT2D eigenvalue weighted by Crippen LogP contribution is 2.00. The topological polar surface area (TPSA) is 117 Å². The van der Waals surface area contributed by atoms with Crippen molar-refractivity contribution < 1.29 is 4.79 Å². The predicted molar refractivity (Wildman–Crippen MR) is 86.6 cm³/mol. The van der Waals surface area contributed by atoms with Gasteiger partial charge in [-0.05, 0) is 18.7 Å². The number of H-pyrrole nitrogens is 1. The van der Waals surface area contributed by atoms with Gasteiger partial charge in [-0.1, -0.05) is 6.07 Å². The molecule has 122 valence electrons. The second-order valence-electron chi connectivity index (χ2n) is 5.25. The molecule has 0 aliphatic carbocycles. The molecular weight excluding hydrogens is 296 g/mol. The Balaban J connectivity index is 1.73. The Labute approximate surface area is 133 Å². The van der Waals surface area contributed by atoms with E-state index in [1.165, 1.54) is 6.07 Å². The number of pyridine rings is 1. The fraction of sp³-hybridized carbons (Fsp3) is 0.333. The second-order valence-corrected chi connectivity index (χ2v) is 5.25. The molecule has 2 aromatic heterocycles. The van der Waals surface area contributed by atoms with Gasteiger partial charge in [0.2, 0.25) is 5.91 Å². The van der Waals surface area contributed by atoms with Crippen LogP contribution in [0.25, 0.3) is 0 Å². The van der Waals surface area contributed by atoms with Crippen molar-refractivity contribution in [3.8, 4) is 0 Å². The van der Waals surface area contributed by atoms with Crippen LogP contribution in [0.2, 0.25) is 0 Å². The van der Waals surface area contributed by atoms with Crippen LogP contribution < -0.4 is 16.6 Å². The number of nitrogen functional groups attached to an aromatic ring is 1. The molecule has 0 unspecified atom stereocenters. The number of hydrogen-bond acceptors (Lipinski definition) is 6. The lowest BCUT2D eigenvalue weighted by atomic mass is 10.2. The molecule has 0 fully saturated rings. The van der Waals surface area contributed by atoms with Crippen molar-refractivity contribution >= 4 is 11.7 Å². The lowest BCUT2D eigenvalue weighted by Gasteiger charge is -2.16. The Morgan fingerprint density at radius 1 is 1.48 bits per heavy atom. The van der Waals surface area contributed by atoms with E-state index in [9.17, 15) is 9.59 Å². The number of aromatic nitrogens is 3. The predicted octanol–water partition coefficient (Wildman–Crippen LogP) is -0.462. The Bertz CT molecular complexity index is 701. The van der Waals surface area contributed by atoms with Gasteiger partial charge >= 0.3 is 0 Å². The third-order valence-electron chi connectivity index (χ3n) is 3.08. The number of carbonyl (C=O) groups is 1. The van der Waals surface area contributed by atoms with E-state index >= 15 is 0 Å². The lowest BCUT2D eigenvalue weighted by molar-refractivity contribution is -0.122. The smallest absolute Gasteiger partial charge is 0.252 e. The summed E-state index contributed by atoms with van der Waals surface area (Å²) in [5, 5.41) is 2.79. The molecule has 4 N–H and O–H groups in total. The zero-order chi connectivity index (χ0) is 16.7. The summed E-state index contributed by atoms with van der Waals surface area (Å²) >= 11 is 0. The molecule has 1 amide bonds. The highest BCUT2D eigenvalue weighted by atomic mass is 16.2. The Hall–Kier alpha value is -2.74. The van der Waals surface area contributed by atoms with Crippen LogP contribution in [-0.2, 0) is 17.8 Å². The third kappa shape index (κ3) is 5.87. The Kier molecular flexibility index (Phi) is 5.81. The van der Waals surface area contributed by atoms with Crippen molar-refractivity contribution in [1.82, 2.24) is 25.2 Å². The van der Waals surface area contributed by atoms with Gasteiger partial charge < -0.3 is 16.0 Å². The molecule has 0 atom stereocenters. The molecule has 0 radical (unpaired) electrons. The number of rotatable bonds is 7. The first-order valence-electron chi connectivity index (χ1n) is 7.23. The first-order chi connectivity index (χ1) is 11.0. The zero-order valence-electron chi connectivity index (χ0n) is 13.0. The molecule has 0 aliphatic heterocycles. The monoisotopic (exact) mass is 316 g/mol. The van der Waals surface area contributed by atoms with E-state index in [1.54, 1.807) is 12.4 Å². The number of hydrogen-bond donors (Lipinski definition) is 3. The molecule has 0 spiro atoms. The molecule has 8 heteroatoms. The van der Waals surface area contributed by atoms with Gasteiger partial charge in [0.05, 0.1) is 6.54 Å². The number of likely N-dealkylation sites (N-methyl/N-ethyl adjacent to an activating group) is 1. The highest BCUT2D eigenvalue weighted by molar-refractivity contribution is 5.77. The molecule has 2 heterocycles. The molecule has 8 nitrogen and oxygen atoms in total. The maximum atomic E-state index is 11.9. The molecule has 0 bridgehead atoms. The van der Waals surface area contributed by atoms with Crippen molar-refractivity contribution in [2.24, 2.45) is 0 Å². The fourth-order valence-electron chi connectivity index (χ4n) is 2.13. The summed E-state index contributed by atoms with van der Waals surface area (Å²) in [6.45, 7) is 1.30. The standard InChI is InChI=1S/C15H20N6O2/c1-21(9-11-3-2-5-17-8-11)10-15(23)18-6-4-13-19-12(16)7-14(22)20-13/h2-3,5,7-8H,4,6,9-10H2,1H3,(H,18,23)(H3,16,19,20,22). The zero-order valence-corrected chi connectivity index (χ0v) is 13.0. The molecule has 0 saturated carbocycles. The number of carbonyl (C=O) groups excluding carboxylic acids is 1. The SMILES string of the molecule is CN(CC(=O)NCCc1nc(N)cc(=O)[nH]1)Cc1cccnc1. The van der Waals surface area contributed by atoms with Crippen molar-refractivity contribution in [3.63, 3.8) is 0 Å². The number of nitrogens with zero attached hydrogens (tertiary/aromatic N) is 3. The lowest BCUT2D eigenvalue weighted by Crippen LogP contribution is -2.36. The normalized spacial score (nSPS) is 10.7. The van der Waals surface area contributed by atoms with Crippen LogP contribution in [0.1, 0.15) is 11.4 Å². The molecule has 23 heavy (non-hydrogen) atoms. The fourth-order valence-corrected chi connectivity index (χ4v) is 2.13. The molecule has 0 saturated heterocycles. The summed E-state index contributed by atoms with van der Waals surface area (Å²) in [7, 11) is 1.86.